The lowest BCUT2D eigenvalue weighted by molar-refractivity contribution is -0.114. The second-order valence-corrected chi connectivity index (χ2v) is 10.4. The van der Waals surface area contributed by atoms with Crippen LogP contribution in [0, 0.1) is 6.92 Å². The molecule has 0 unspecified atom stereocenters. The molecule has 3 rings (SSSR count). The van der Waals surface area contributed by atoms with Crippen molar-refractivity contribution in [2.45, 2.75) is 44.9 Å². The van der Waals surface area contributed by atoms with Gasteiger partial charge in [-0.1, -0.05) is 62.2 Å². The highest BCUT2D eigenvalue weighted by molar-refractivity contribution is 7.92. The number of sulfonamides is 1. The third-order valence-electron chi connectivity index (χ3n) is 5.79. The van der Waals surface area contributed by atoms with Crippen LogP contribution < -0.4 is 14.9 Å². The van der Waals surface area contributed by atoms with Crippen LogP contribution in [0.4, 0.5) is 11.4 Å². The molecule has 0 atom stereocenters. The zero-order valence-corrected chi connectivity index (χ0v) is 21.8. The summed E-state index contributed by atoms with van der Waals surface area (Å²) in [5.74, 6) is -0.849. The molecule has 36 heavy (non-hydrogen) atoms. The zero-order chi connectivity index (χ0) is 26.1. The van der Waals surface area contributed by atoms with Crippen LogP contribution >= 0.6 is 0 Å². The van der Waals surface area contributed by atoms with Gasteiger partial charge in [-0.3, -0.25) is 13.9 Å². The van der Waals surface area contributed by atoms with Crippen molar-refractivity contribution in [3.8, 4) is 0 Å². The monoisotopic (exact) mass is 507 g/mol. The van der Waals surface area contributed by atoms with E-state index in [4.69, 9.17) is 0 Å². The van der Waals surface area contributed by atoms with E-state index in [2.05, 4.69) is 10.6 Å². The molecule has 0 heterocycles. The molecule has 2 amide bonds. The summed E-state index contributed by atoms with van der Waals surface area (Å²) in [5, 5.41) is 5.58. The molecule has 0 fully saturated rings. The molecule has 0 bridgehead atoms. The second-order valence-electron chi connectivity index (χ2n) is 8.55. The molecule has 0 aromatic heterocycles. The molecule has 0 spiro atoms. The first kappa shape index (κ1) is 26.9. The van der Waals surface area contributed by atoms with Crippen molar-refractivity contribution in [1.82, 2.24) is 5.32 Å². The van der Waals surface area contributed by atoms with Crippen LogP contribution in [0.5, 0.6) is 0 Å². The maximum atomic E-state index is 13.6. The van der Waals surface area contributed by atoms with E-state index < -0.39 is 22.5 Å². The van der Waals surface area contributed by atoms with Gasteiger partial charge in [-0.2, -0.15) is 0 Å². The second kappa shape index (κ2) is 12.4. The highest BCUT2D eigenvalue weighted by atomic mass is 32.2. The van der Waals surface area contributed by atoms with Gasteiger partial charge in [0.1, 0.15) is 6.54 Å². The van der Waals surface area contributed by atoms with E-state index in [1.54, 1.807) is 48.5 Å². The number of nitrogens with one attached hydrogen (secondary N) is 2. The molecule has 190 valence electrons. The van der Waals surface area contributed by atoms with E-state index >= 15 is 0 Å². The Morgan fingerprint density at radius 3 is 2.19 bits per heavy atom. The fraction of sp³-hybridized carbons (Fsp3) is 0.286. The topological polar surface area (TPSA) is 95.6 Å². The van der Waals surface area contributed by atoms with Gasteiger partial charge in [-0.25, -0.2) is 8.42 Å². The number of anilines is 2. The smallest absolute Gasteiger partial charge is 0.264 e. The van der Waals surface area contributed by atoms with Crippen molar-refractivity contribution < 1.29 is 18.0 Å². The molecule has 3 aromatic rings. The Balaban J connectivity index is 1.89. The van der Waals surface area contributed by atoms with Crippen LogP contribution in [0.1, 0.15) is 48.2 Å². The number of nitrogens with zero attached hydrogens (tertiary/aromatic N) is 1. The van der Waals surface area contributed by atoms with Gasteiger partial charge in [0.05, 0.1) is 21.8 Å². The summed E-state index contributed by atoms with van der Waals surface area (Å²) in [6.45, 7) is 6.01. The van der Waals surface area contributed by atoms with Crippen LogP contribution in [0.3, 0.4) is 0 Å². The van der Waals surface area contributed by atoms with Crippen LogP contribution in [0.25, 0.3) is 0 Å². The van der Waals surface area contributed by atoms with Gasteiger partial charge < -0.3 is 10.6 Å². The van der Waals surface area contributed by atoms with Crippen LogP contribution in [0.2, 0.25) is 0 Å². The van der Waals surface area contributed by atoms with Gasteiger partial charge in [0.2, 0.25) is 5.91 Å². The Bertz CT molecular complexity index is 1290. The number of carbonyl (C=O) groups is 2. The van der Waals surface area contributed by atoms with E-state index in [0.717, 1.165) is 34.7 Å². The maximum Gasteiger partial charge on any atom is 0.264 e. The summed E-state index contributed by atoms with van der Waals surface area (Å²) in [6, 6.07) is 20.3. The minimum Gasteiger partial charge on any atom is -0.352 e. The number of para-hydroxylation sites is 1. The van der Waals surface area contributed by atoms with Gasteiger partial charge in [-0.05, 0) is 61.7 Å². The zero-order valence-electron chi connectivity index (χ0n) is 21.0. The number of carbonyl (C=O) groups excluding carboxylic acids is 2. The molecule has 0 radical (unpaired) electrons. The first-order valence-electron chi connectivity index (χ1n) is 12.1. The number of aryl methyl sites for hydroxylation is 2. The third-order valence-corrected chi connectivity index (χ3v) is 7.58. The summed E-state index contributed by atoms with van der Waals surface area (Å²) in [7, 11) is -4.03. The standard InChI is InChI=1S/C28H33N3O4S/c1-4-6-19-29-28(33)25-9-7-8-10-26(25)30-27(32)20-31(23-15-13-22(5-2)14-16-23)36(34,35)24-17-11-21(3)12-18-24/h7-18H,4-6,19-20H2,1-3H3,(H,29,33)(H,30,32). The SMILES string of the molecule is CCCCNC(=O)c1ccccc1NC(=O)CN(c1ccc(CC)cc1)S(=O)(=O)c1ccc(C)cc1. The Hall–Kier alpha value is -3.65. The number of rotatable bonds is 11. The van der Waals surface area contributed by atoms with Gasteiger partial charge >= 0.3 is 0 Å². The molecule has 3 aromatic carbocycles. The molecule has 0 aliphatic rings. The number of hydrogen-bond acceptors (Lipinski definition) is 4. The van der Waals surface area contributed by atoms with Crippen LogP contribution in [0.15, 0.2) is 77.7 Å². The van der Waals surface area contributed by atoms with Gasteiger partial charge in [0, 0.05) is 6.54 Å². The maximum absolute atomic E-state index is 13.6. The molecular weight excluding hydrogens is 474 g/mol. The van der Waals surface area contributed by atoms with Gasteiger partial charge in [-0.15, -0.1) is 0 Å². The van der Waals surface area contributed by atoms with Crippen LogP contribution in [-0.2, 0) is 21.2 Å². The largest absolute Gasteiger partial charge is 0.352 e. The minimum absolute atomic E-state index is 0.0937. The fourth-order valence-electron chi connectivity index (χ4n) is 3.63. The molecule has 0 aliphatic carbocycles. The average Bonchev–Trinajstić information content (AvgIpc) is 2.88. The van der Waals surface area contributed by atoms with Crippen molar-refractivity contribution in [1.29, 1.82) is 0 Å². The molecule has 7 nitrogen and oxygen atoms in total. The molecule has 2 N–H and O–H groups in total. The highest BCUT2D eigenvalue weighted by Crippen LogP contribution is 2.25. The van der Waals surface area contributed by atoms with Crippen molar-refractivity contribution >= 4 is 33.2 Å². The molecule has 0 aliphatic heterocycles. The van der Waals surface area contributed by atoms with Crippen molar-refractivity contribution in [2.24, 2.45) is 0 Å². The Labute approximate surface area is 213 Å². The number of unbranched alkanes of at least 4 members (excludes halogenated alkanes) is 1. The molecule has 0 saturated heterocycles. The van der Waals surface area contributed by atoms with Crippen LogP contribution in [-0.4, -0.2) is 33.3 Å². The minimum atomic E-state index is -4.03. The predicted molar refractivity (Wildman–Crippen MR) is 144 cm³/mol. The fourth-order valence-corrected chi connectivity index (χ4v) is 5.06. The lowest BCUT2D eigenvalue weighted by Crippen LogP contribution is -2.38. The van der Waals surface area contributed by atoms with E-state index in [9.17, 15) is 18.0 Å². The number of benzene rings is 3. The predicted octanol–water partition coefficient (Wildman–Crippen LogP) is 4.92. The van der Waals surface area contributed by atoms with E-state index in [-0.39, 0.29) is 10.8 Å². The first-order valence-corrected chi connectivity index (χ1v) is 13.6. The van der Waals surface area contributed by atoms with Crippen molar-refractivity contribution in [3.63, 3.8) is 0 Å². The lowest BCUT2D eigenvalue weighted by Gasteiger charge is -2.24. The molecule has 8 heteroatoms. The van der Waals surface area contributed by atoms with Gasteiger partial charge in [0.25, 0.3) is 15.9 Å². The normalized spacial score (nSPS) is 11.1. The molecular formula is C28H33N3O4S. The number of amides is 2. The summed E-state index contributed by atoms with van der Waals surface area (Å²) in [4.78, 5) is 25.9. The molecule has 0 saturated carbocycles. The summed E-state index contributed by atoms with van der Waals surface area (Å²) in [5.41, 5.74) is 3.01. The summed E-state index contributed by atoms with van der Waals surface area (Å²) >= 11 is 0. The van der Waals surface area contributed by atoms with E-state index in [1.165, 1.54) is 12.1 Å². The first-order chi connectivity index (χ1) is 17.3. The Kier molecular flexibility index (Phi) is 9.25. The lowest BCUT2D eigenvalue weighted by atomic mass is 10.1. The van der Waals surface area contributed by atoms with Crippen molar-refractivity contribution in [3.05, 3.63) is 89.5 Å². The highest BCUT2D eigenvalue weighted by Gasteiger charge is 2.27. The summed E-state index contributed by atoms with van der Waals surface area (Å²) < 4.78 is 28.3. The van der Waals surface area contributed by atoms with Gasteiger partial charge in [0.15, 0.2) is 0 Å². The third kappa shape index (κ3) is 6.73. The Morgan fingerprint density at radius 2 is 1.56 bits per heavy atom. The number of hydrogen-bond donors (Lipinski definition) is 2. The summed E-state index contributed by atoms with van der Waals surface area (Å²) in [6.07, 6.45) is 2.61. The van der Waals surface area contributed by atoms with E-state index in [1.807, 2.05) is 32.9 Å². The Morgan fingerprint density at radius 1 is 0.889 bits per heavy atom. The van der Waals surface area contributed by atoms with E-state index in [0.29, 0.717) is 23.5 Å². The van der Waals surface area contributed by atoms with Crippen molar-refractivity contribution in [2.75, 3.05) is 22.7 Å². The average molecular weight is 508 g/mol. The quantitative estimate of drug-likeness (QED) is 0.360.